The van der Waals surface area contributed by atoms with Gasteiger partial charge in [-0.2, -0.15) is 0 Å². The number of nitrogen functional groups attached to an aromatic ring is 1. The number of nitrogens with two attached hydrogens (primary N) is 1. The highest BCUT2D eigenvalue weighted by atomic mass is 35.5. The number of hydrogen-bond acceptors (Lipinski definition) is 2. The van der Waals surface area contributed by atoms with Crippen LogP contribution in [0.4, 0.5) is 5.69 Å². The molecule has 76 valence electrons. The molecule has 1 aromatic rings. The Hall–Kier alpha value is -0.990. The van der Waals surface area contributed by atoms with Crippen LogP contribution >= 0.6 is 11.6 Å². The highest BCUT2D eigenvalue weighted by molar-refractivity contribution is 6.33. The average Bonchev–Trinajstić information content (AvgIpc) is 2.18. The lowest BCUT2D eigenvalue weighted by Crippen LogP contribution is -1.91. The lowest BCUT2D eigenvalue weighted by molar-refractivity contribution is 0.303. The minimum absolute atomic E-state index is 0.155. The Morgan fingerprint density at radius 1 is 1.50 bits per heavy atom. The number of rotatable bonds is 3. The van der Waals surface area contributed by atoms with Crippen LogP contribution in [-0.4, -0.2) is 11.7 Å². The van der Waals surface area contributed by atoms with E-state index in [9.17, 15) is 0 Å². The van der Waals surface area contributed by atoms with E-state index in [2.05, 4.69) is 0 Å². The fourth-order valence-electron chi connectivity index (χ4n) is 1.13. The molecule has 0 heterocycles. The van der Waals surface area contributed by atoms with Gasteiger partial charge in [-0.05, 0) is 30.5 Å². The largest absolute Gasteiger partial charge is 0.398 e. The standard InChI is InChI=1S/C11H14ClNO/c1-8-10(13)6-5-9(11(8)12)4-2-3-7-14/h2,4-6,14H,3,7,13H2,1H3. The smallest absolute Gasteiger partial charge is 0.0527 e. The molecule has 0 bridgehead atoms. The Morgan fingerprint density at radius 3 is 2.86 bits per heavy atom. The van der Waals surface area contributed by atoms with Gasteiger partial charge < -0.3 is 10.8 Å². The molecule has 1 rings (SSSR count). The van der Waals surface area contributed by atoms with Crippen LogP contribution in [0.25, 0.3) is 6.08 Å². The van der Waals surface area contributed by atoms with Crippen LogP contribution in [0.5, 0.6) is 0 Å². The van der Waals surface area contributed by atoms with E-state index in [1.807, 2.05) is 31.2 Å². The zero-order valence-corrected chi connectivity index (χ0v) is 8.88. The normalized spacial score (nSPS) is 11.1. The van der Waals surface area contributed by atoms with Gasteiger partial charge in [0.05, 0.1) is 5.02 Å². The molecule has 0 atom stereocenters. The molecule has 0 saturated carbocycles. The molecular formula is C11H14ClNO. The van der Waals surface area contributed by atoms with Crippen LogP contribution in [0.2, 0.25) is 5.02 Å². The van der Waals surface area contributed by atoms with Gasteiger partial charge in [0.25, 0.3) is 0 Å². The maximum absolute atomic E-state index is 8.61. The summed E-state index contributed by atoms with van der Waals surface area (Å²) in [4.78, 5) is 0. The molecule has 14 heavy (non-hydrogen) atoms. The molecule has 2 nitrogen and oxygen atoms in total. The summed E-state index contributed by atoms with van der Waals surface area (Å²) >= 11 is 6.08. The maximum Gasteiger partial charge on any atom is 0.0527 e. The van der Waals surface area contributed by atoms with Gasteiger partial charge >= 0.3 is 0 Å². The van der Waals surface area contributed by atoms with Crippen molar-refractivity contribution in [1.29, 1.82) is 0 Å². The molecule has 0 aliphatic carbocycles. The molecule has 3 N–H and O–H groups in total. The number of aliphatic hydroxyl groups is 1. The van der Waals surface area contributed by atoms with Crippen LogP contribution in [0.1, 0.15) is 17.5 Å². The Bertz CT molecular complexity index is 347. The topological polar surface area (TPSA) is 46.2 Å². The first-order valence-electron chi connectivity index (χ1n) is 4.48. The van der Waals surface area contributed by atoms with Crippen molar-refractivity contribution in [1.82, 2.24) is 0 Å². The van der Waals surface area contributed by atoms with E-state index in [4.69, 9.17) is 22.4 Å². The number of halogens is 1. The van der Waals surface area contributed by atoms with Crippen molar-refractivity contribution >= 4 is 23.4 Å². The number of anilines is 1. The van der Waals surface area contributed by atoms with E-state index in [1.54, 1.807) is 0 Å². The van der Waals surface area contributed by atoms with Gasteiger partial charge in [-0.15, -0.1) is 0 Å². The minimum atomic E-state index is 0.155. The minimum Gasteiger partial charge on any atom is -0.398 e. The summed E-state index contributed by atoms with van der Waals surface area (Å²) in [7, 11) is 0. The van der Waals surface area contributed by atoms with Crippen molar-refractivity contribution in [3.8, 4) is 0 Å². The molecule has 0 aliphatic heterocycles. The Kier molecular flexibility index (Phi) is 3.98. The molecule has 0 unspecified atom stereocenters. The van der Waals surface area contributed by atoms with Crippen LogP contribution in [0.15, 0.2) is 18.2 Å². The fraction of sp³-hybridized carbons (Fsp3) is 0.273. The van der Waals surface area contributed by atoms with Gasteiger partial charge in [0.15, 0.2) is 0 Å². The molecule has 0 amide bonds. The van der Waals surface area contributed by atoms with E-state index in [0.29, 0.717) is 17.1 Å². The fourth-order valence-corrected chi connectivity index (χ4v) is 1.37. The second-order valence-corrected chi connectivity index (χ2v) is 3.48. The van der Waals surface area contributed by atoms with E-state index >= 15 is 0 Å². The zero-order chi connectivity index (χ0) is 10.6. The van der Waals surface area contributed by atoms with Crippen molar-refractivity contribution in [2.45, 2.75) is 13.3 Å². The molecule has 0 aliphatic rings. The van der Waals surface area contributed by atoms with Gasteiger partial charge in [-0.3, -0.25) is 0 Å². The summed E-state index contributed by atoms with van der Waals surface area (Å²) < 4.78 is 0. The second kappa shape index (κ2) is 5.03. The first-order valence-corrected chi connectivity index (χ1v) is 4.86. The van der Waals surface area contributed by atoms with E-state index < -0.39 is 0 Å². The lowest BCUT2D eigenvalue weighted by atomic mass is 10.1. The predicted molar refractivity (Wildman–Crippen MR) is 61.3 cm³/mol. The summed E-state index contributed by atoms with van der Waals surface area (Å²) in [5.41, 5.74) is 8.24. The van der Waals surface area contributed by atoms with Crippen LogP contribution in [0.3, 0.4) is 0 Å². The van der Waals surface area contributed by atoms with Crippen LogP contribution in [-0.2, 0) is 0 Å². The second-order valence-electron chi connectivity index (χ2n) is 3.10. The van der Waals surface area contributed by atoms with E-state index in [1.165, 1.54) is 0 Å². The quantitative estimate of drug-likeness (QED) is 0.756. The zero-order valence-electron chi connectivity index (χ0n) is 8.13. The summed E-state index contributed by atoms with van der Waals surface area (Å²) in [6.45, 7) is 2.04. The van der Waals surface area contributed by atoms with Crippen LogP contribution < -0.4 is 5.73 Å². The number of hydrogen-bond donors (Lipinski definition) is 2. The molecule has 3 heteroatoms. The van der Waals surface area contributed by atoms with Gasteiger partial charge in [-0.1, -0.05) is 29.8 Å². The monoisotopic (exact) mass is 211 g/mol. The SMILES string of the molecule is Cc1c(N)ccc(C=CCCO)c1Cl. The summed E-state index contributed by atoms with van der Waals surface area (Å²) in [6.07, 6.45) is 4.42. The summed E-state index contributed by atoms with van der Waals surface area (Å²) in [6, 6.07) is 3.71. The van der Waals surface area contributed by atoms with Crippen molar-refractivity contribution in [2.75, 3.05) is 12.3 Å². The lowest BCUT2D eigenvalue weighted by Gasteiger charge is -2.05. The van der Waals surface area contributed by atoms with E-state index in [-0.39, 0.29) is 6.61 Å². The third-order valence-corrected chi connectivity index (χ3v) is 2.55. The number of aliphatic hydroxyl groups excluding tert-OH is 1. The van der Waals surface area contributed by atoms with Crippen molar-refractivity contribution < 1.29 is 5.11 Å². The van der Waals surface area contributed by atoms with Gasteiger partial charge in [0, 0.05) is 12.3 Å². The predicted octanol–water partition coefficient (Wildman–Crippen LogP) is 2.63. The third-order valence-electron chi connectivity index (χ3n) is 2.05. The summed E-state index contributed by atoms with van der Waals surface area (Å²) in [5, 5.41) is 9.29. The van der Waals surface area contributed by atoms with Gasteiger partial charge in [0.2, 0.25) is 0 Å². The molecule has 0 fully saturated rings. The molecule has 0 radical (unpaired) electrons. The Balaban J connectivity index is 2.94. The molecule has 1 aromatic carbocycles. The molecule has 0 saturated heterocycles. The average molecular weight is 212 g/mol. The highest BCUT2D eigenvalue weighted by Gasteiger charge is 2.02. The van der Waals surface area contributed by atoms with E-state index in [0.717, 1.165) is 11.1 Å². The van der Waals surface area contributed by atoms with Gasteiger partial charge in [0.1, 0.15) is 0 Å². The first kappa shape index (κ1) is 11.1. The number of benzene rings is 1. The molecule has 0 aromatic heterocycles. The van der Waals surface area contributed by atoms with Crippen molar-refractivity contribution in [3.05, 3.63) is 34.4 Å². The molecule has 0 spiro atoms. The van der Waals surface area contributed by atoms with Crippen molar-refractivity contribution in [2.24, 2.45) is 0 Å². The summed E-state index contributed by atoms with van der Waals surface area (Å²) in [5.74, 6) is 0. The maximum atomic E-state index is 8.61. The third kappa shape index (κ3) is 2.50. The highest BCUT2D eigenvalue weighted by Crippen LogP contribution is 2.26. The Labute approximate surface area is 89.0 Å². The molecular weight excluding hydrogens is 198 g/mol. The first-order chi connectivity index (χ1) is 6.66. The Morgan fingerprint density at radius 2 is 2.21 bits per heavy atom. The van der Waals surface area contributed by atoms with Crippen LogP contribution in [0, 0.1) is 6.92 Å². The van der Waals surface area contributed by atoms with Gasteiger partial charge in [-0.25, -0.2) is 0 Å². The van der Waals surface area contributed by atoms with Crippen molar-refractivity contribution in [3.63, 3.8) is 0 Å².